The van der Waals surface area contributed by atoms with Gasteiger partial charge in [-0.15, -0.1) is 0 Å². The number of carbonyl (C=O) groups is 1. The molecule has 0 radical (unpaired) electrons. The smallest absolute Gasteiger partial charge is 0.247 e. The van der Waals surface area contributed by atoms with Crippen molar-refractivity contribution < 1.29 is 14.6 Å². The van der Waals surface area contributed by atoms with Crippen LogP contribution in [0.5, 0.6) is 0 Å². The number of aryl methyl sites for hydroxylation is 2. The summed E-state index contributed by atoms with van der Waals surface area (Å²) < 4.78 is 7.65. The van der Waals surface area contributed by atoms with Crippen molar-refractivity contribution in [2.24, 2.45) is 0 Å². The summed E-state index contributed by atoms with van der Waals surface area (Å²) in [6, 6.07) is -0.858. The molecule has 11 heteroatoms. The molecule has 3 aromatic rings. The number of aliphatic hydroxyl groups excluding tert-OH is 1. The normalized spacial score (nSPS) is 19.8. The van der Waals surface area contributed by atoms with E-state index in [1.165, 1.54) is 6.33 Å². The summed E-state index contributed by atoms with van der Waals surface area (Å²) in [4.78, 5) is 36.8. The zero-order valence-corrected chi connectivity index (χ0v) is 18.7. The molecule has 3 aromatic heterocycles. The van der Waals surface area contributed by atoms with Crippen LogP contribution in [0.4, 0.5) is 5.82 Å². The van der Waals surface area contributed by atoms with Crippen LogP contribution in [0.15, 0.2) is 18.7 Å². The van der Waals surface area contributed by atoms with Gasteiger partial charge in [0.1, 0.15) is 24.0 Å². The van der Waals surface area contributed by atoms with Crippen molar-refractivity contribution in [2.45, 2.75) is 52.5 Å². The summed E-state index contributed by atoms with van der Waals surface area (Å²) in [7, 11) is 0. The third-order valence-corrected chi connectivity index (χ3v) is 5.41. The highest BCUT2D eigenvalue weighted by molar-refractivity contribution is 5.90. The largest absolute Gasteiger partial charge is 0.394 e. The number of hydrogen-bond donors (Lipinski definition) is 2. The van der Waals surface area contributed by atoms with E-state index in [0.717, 1.165) is 5.56 Å². The van der Waals surface area contributed by atoms with Crippen molar-refractivity contribution in [1.82, 2.24) is 34.4 Å². The molecule has 2 N–H and O–H groups in total. The highest BCUT2D eigenvalue weighted by atomic mass is 16.5. The van der Waals surface area contributed by atoms with E-state index in [-0.39, 0.29) is 24.7 Å². The molecular weight excluding hydrogens is 412 g/mol. The van der Waals surface area contributed by atoms with Crippen LogP contribution in [-0.2, 0) is 16.1 Å². The number of anilines is 1. The molecule has 0 spiro atoms. The van der Waals surface area contributed by atoms with Gasteiger partial charge in [-0.3, -0.25) is 4.79 Å². The number of nitrogens with zero attached hydrogens (tertiary/aromatic N) is 7. The van der Waals surface area contributed by atoms with E-state index in [1.807, 2.05) is 32.3 Å². The van der Waals surface area contributed by atoms with E-state index in [1.54, 1.807) is 17.3 Å². The second-order valence-corrected chi connectivity index (χ2v) is 7.97. The van der Waals surface area contributed by atoms with Crippen LogP contribution in [-0.4, -0.2) is 83.3 Å². The molecule has 170 valence electrons. The predicted octanol–water partition coefficient (Wildman–Crippen LogP) is 1.02. The van der Waals surface area contributed by atoms with Gasteiger partial charge in [-0.25, -0.2) is 24.9 Å². The molecule has 0 aromatic carbocycles. The van der Waals surface area contributed by atoms with Crippen molar-refractivity contribution >= 4 is 22.9 Å². The van der Waals surface area contributed by atoms with Crippen molar-refractivity contribution in [3.8, 4) is 11.4 Å². The number of nitrogens with one attached hydrogen (secondary N) is 1. The number of carbonyl (C=O) groups excluding carboxylic acids is 1. The number of rotatable bonds is 6. The highest BCUT2D eigenvalue weighted by Crippen LogP contribution is 2.26. The number of morpholine rings is 1. The Morgan fingerprint density at radius 2 is 1.91 bits per heavy atom. The molecule has 1 saturated heterocycles. The molecule has 4 heterocycles. The Bertz CT molecular complexity index is 1090. The van der Waals surface area contributed by atoms with Crippen LogP contribution in [0.2, 0.25) is 0 Å². The summed E-state index contributed by atoms with van der Waals surface area (Å²) in [5, 5.41) is 13.1. The molecule has 0 bridgehead atoms. The molecule has 0 aliphatic carbocycles. The summed E-state index contributed by atoms with van der Waals surface area (Å²) >= 11 is 0. The highest BCUT2D eigenvalue weighted by Gasteiger charge is 2.31. The maximum atomic E-state index is 13.1. The van der Waals surface area contributed by atoms with Gasteiger partial charge in [0.2, 0.25) is 5.91 Å². The fourth-order valence-electron chi connectivity index (χ4n) is 4.00. The lowest BCUT2D eigenvalue weighted by Crippen LogP contribution is -2.53. The fraction of sp³-hybridized carbons (Fsp3) is 0.524. The number of aliphatic hydroxyl groups is 1. The van der Waals surface area contributed by atoms with Crippen molar-refractivity contribution in [3.63, 3.8) is 0 Å². The monoisotopic (exact) mass is 440 g/mol. The Balaban J connectivity index is 1.66. The number of imidazole rings is 1. The van der Waals surface area contributed by atoms with Crippen molar-refractivity contribution in [1.29, 1.82) is 0 Å². The van der Waals surface area contributed by atoms with Gasteiger partial charge < -0.3 is 24.6 Å². The van der Waals surface area contributed by atoms with Crippen molar-refractivity contribution in [2.75, 3.05) is 25.0 Å². The Kier molecular flexibility index (Phi) is 6.28. The van der Waals surface area contributed by atoms with Gasteiger partial charge in [-0.2, -0.15) is 0 Å². The lowest BCUT2D eigenvalue weighted by molar-refractivity contribution is -0.144. The maximum absolute atomic E-state index is 13.1. The Morgan fingerprint density at radius 3 is 2.53 bits per heavy atom. The minimum absolute atomic E-state index is 0.0626. The van der Waals surface area contributed by atoms with E-state index >= 15 is 0 Å². The molecule has 1 amide bonds. The average Bonchev–Trinajstić information content (AvgIpc) is 3.16. The Hall–Kier alpha value is -3.18. The molecular formula is C21H28N8O3. The molecule has 1 aliphatic rings. The number of hydrogen-bond acceptors (Lipinski definition) is 9. The van der Waals surface area contributed by atoms with Crippen LogP contribution in [0.1, 0.15) is 26.6 Å². The number of amides is 1. The summed E-state index contributed by atoms with van der Waals surface area (Å²) in [6.45, 7) is 8.88. The lowest BCUT2D eigenvalue weighted by atomic mass is 10.2. The van der Waals surface area contributed by atoms with Gasteiger partial charge >= 0.3 is 0 Å². The summed E-state index contributed by atoms with van der Waals surface area (Å²) in [6.07, 6.45) is 4.74. The van der Waals surface area contributed by atoms with E-state index in [0.29, 0.717) is 48.3 Å². The molecule has 0 saturated carbocycles. The minimum atomic E-state index is -0.858. The summed E-state index contributed by atoms with van der Waals surface area (Å²) in [5.74, 6) is 1.52. The second kappa shape index (κ2) is 9.13. The SMILES string of the molecule is CCn1c(-c2cnc(C)nc2)nc2c(N[C@H](CO)C(=O)N3CC(C)OC(C)C3)ncnc21. The van der Waals surface area contributed by atoms with E-state index in [2.05, 4.69) is 25.3 Å². The molecule has 3 atom stereocenters. The molecule has 1 aliphatic heterocycles. The zero-order valence-electron chi connectivity index (χ0n) is 18.7. The van der Waals surface area contributed by atoms with E-state index in [9.17, 15) is 9.90 Å². The predicted molar refractivity (Wildman–Crippen MR) is 118 cm³/mol. The molecule has 11 nitrogen and oxygen atoms in total. The van der Waals surface area contributed by atoms with Crippen LogP contribution >= 0.6 is 0 Å². The van der Waals surface area contributed by atoms with Gasteiger partial charge in [-0.05, 0) is 27.7 Å². The van der Waals surface area contributed by atoms with Gasteiger partial charge in [0.25, 0.3) is 0 Å². The number of aromatic nitrogens is 6. The first-order valence-corrected chi connectivity index (χ1v) is 10.7. The zero-order chi connectivity index (χ0) is 22.8. The Labute approximate surface area is 185 Å². The van der Waals surface area contributed by atoms with Gasteiger partial charge in [0.15, 0.2) is 17.0 Å². The topological polar surface area (TPSA) is 131 Å². The minimum Gasteiger partial charge on any atom is -0.394 e. The molecule has 4 rings (SSSR count). The fourth-order valence-corrected chi connectivity index (χ4v) is 4.00. The molecule has 32 heavy (non-hydrogen) atoms. The maximum Gasteiger partial charge on any atom is 0.247 e. The lowest BCUT2D eigenvalue weighted by Gasteiger charge is -2.37. The third kappa shape index (κ3) is 4.26. The number of ether oxygens (including phenoxy) is 1. The van der Waals surface area contributed by atoms with Gasteiger partial charge in [0, 0.05) is 32.0 Å². The number of fused-ring (bicyclic) bond motifs is 1. The van der Waals surface area contributed by atoms with Crippen LogP contribution in [0.3, 0.4) is 0 Å². The average molecular weight is 441 g/mol. The standard InChI is InChI=1S/C21H28N8O3/c1-5-29-19(15-6-22-14(4)23-7-15)27-17-18(24-11-25-20(17)29)26-16(10-30)21(31)28-8-12(2)32-13(3)9-28/h6-7,11-13,16,30H,5,8-10H2,1-4H3,(H,24,25,26)/t12?,13?,16-/m1/s1. The van der Waals surface area contributed by atoms with Gasteiger partial charge in [0.05, 0.1) is 24.4 Å². The third-order valence-electron chi connectivity index (χ3n) is 5.41. The second-order valence-electron chi connectivity index (χ2n) is 7.97. The van der Waals surface area contributed by atoms with Crippen molar-refractivity contribution in [3.05, 3.63) is 24.5 Å². The van der Waals surface area contributed by atoms with Crippen LogP contribution < -0.4 is 5.32 Å². The van der Waals surface area contributed by atoms with Crippen LogP contribution in [0, 0.1) is 6.92 Å². The first-order valence-electron chi connectivity index (χ1n) is 10.7. The molecule has 1 fully saturated rings. The summed E-state index contributed by atoms with van der Waals surface area (Å²) in [5.41, 5.74) is 1.89. The molecule has 2 unspecified atom stereocenters. The van der Waals surface area contributed by atoms with Gasteiger partial charge in [-0.1, -0.05) is 0 Å². The Morgan fingerprint density at radius 1 is 1.22 bits per heavy atom. The first-order chi connectivity index (χ1) is 15.4. The van der Waals surface area contributed by atoms with E-state index in [4.69, 9.17) is 9.72 Å². The first kappa shape index (κ1) is 22.0. The quantitative estimate of drug-likeness (QED) is 0.577. The van der Waals surface area contributed by atoms with Crippen LogP contribution in [0.25, 0.3) is 22.6 Å². The van der Waals surface area contributed by atoms with E-state index < -0.39 is 6.04 Å².